The van der Waals surface area contributed by atoms with Crippen molar-refractivity contribution < 1.29 is 9.59 Å². The molecule has 194 valence electrons. The Kier molecular flexibility index (Phi) is 13.0. The van der Waals surface area contributed by atoms with Crippen LogP contribution in [0.2, 0.25) is 5.02 Å². The van der Waals surface area contributed by atoms with E-state index in [1.807, 2.05) is 48.4 Å². The predicted octanol–water partition coefficient (Wildman–Crippen LogP) is 6.77. The molecule has 2 aromatic rings. The summed E-state index contributed by atoms with van der Waals surface area (Å²) in [7, 11) is 0. The second kappa shape index (κ2) is 15.7. The fraction of sp³-hybridized carbons (Fsp3) is 0.586. The molecular formula is C29H44ClN3O2. The van der Waals surface area contributed by atoms with Crippen molar-refractivity contribution in [2.45, 2.75) is 85.7 Å². The maximum atomic E-state index is 13.4. The van der Waals surface area contributed by atoms with Crippen molar-refractivity contribution in [3.63, 3.8) is 0 Å². The van der Waals surface area contributed by atoms with Gasteiger partial charge in [-0.1, -0.05) is 82.7 Å². The Morgan fingerprint density at radius 1 is 0.914 bits per heavy atom. The summed E-state index contributed by atoms with van der Waals surface area (Å²) >= 11 is 6.37. The summed E-state index contributed by atoms with van der Waals surface area (Å²) in [6, 6.07) is 11.9. The monoisotopic (exact) mass is 501 g/mol. The van der Waals surface area contributed by atoms with Gasteiger partial charge in [0, 0.05) is 43.0 Å². The first-order chi connectivity index (χ1) is 16.8. The molecule has 0 bridgehead atoms. The molecule has 0 spiro atoms. The Morgan fingerprint density at radius 3 is 2.31 bits per heavy atom. The normalized spacial score (nSPS) is 11.1. The van der Waals surface area contributed by atoms with Crippen molar-refractivity contribution in [3.05, 3.63) is 58.9 Å². The first kappa shape index (κ1) is 29.0. The number of amides is 2. The molecule has 0 N–H and O–H groups in total. The fourth-order valence-electron chi connectivity index (χ4n) is 4.30. The summed E-state index contributed by atoms with van der Waals surface area (Å²) in [5, 5.41) is 0.740. The average molecular weight is 502 g/mol. The van der Waals surface area contributed by atoms with Crippen LogP contribution in [0.3, 0.4) is 0 Å². The molecule has 0 aliphatic carbocycles. The Balaban J connectivity index is 2.00. The van der Waals surface area contributed by atoms with Crippen molar-refractivity contribution >= 4 is 23.4 Å². The number of benzene rings is 1. The van der Waals surface area contributed by atoms with E-state index in [1.165, 1.54) is 25.7 Å². The highest BCUT2D eigenvalue weighted by Crippen LogP contribution is 2.19. The van der Waals surface area contributed by atoms with Crippen LogP contribution >= 0.6 is 11.6 Å². The minimum absolute atomic E-state index is 0.00217. The van der Waals surface area contributed by atoms with E-state index < -0.39 is 0 Å². The molecule has 0 unspecified atom stereocenters. The van der Waals surface area contributed by atoms with Gasteiger partial charge in [-0.2, -0.15) is 0 Å². The molecule has 1 aromatic carbocycles. The van der Waals surface area contributed by atoms with E-state index in [-0.39, 0.29) is 18.4 Å². The number of nitrogens with zero attached hydrogens (tertiary/aromatic N) is 3. The van der Waals surface area contributed by atoms with Gasteiger partial charge in [-0.05, 0) is 43.0 Å². The number of carbonyl (C=O) groups excluding carboxylic acids is 2. The van der Waals surface area contributed by atoms with Gasteiger partial charge in [0.1, 0.15) is 0 Å². The van der Waals surface area contributed by atoms with Crippen LogP contribution in [0, 0.1) is 5.92 Å². The molecule has 0 aliphatic heterocycles. The molecule has 2 amide bonds. The van der Waals surface area contributed by atoms with Gasteiger partial charge in [0.2, 0.25) is 11.8 Å². The minimum Gasteiger partial charge on any atom is -0.345 e. The SMILES string of the molecule is CCCCCCCCC(=O)N(CC)CC(=O)N(Cc1cccn1Cc1ccccc1Cl)CC(C)C. The van der Waals surface area contributed by atoms with Crippen LogP contribution in [-0.2, 0) is 22.7 Å². The second-order valence-corrected chi connectivity index (χ2v) is 10.2. The number of hydrogen-bond donors (Lipinski definition) is 0. The molecule has 0 radical (unpaired) electrons. The zero-order chi connectivity index (χ0) is 25.6. The summed E-state index contributed by atoms with van der Waals surface area (Å²) in [4.78, 5) is 29.7. The van der Waals surface area contributed by atoms with Gasteiger partial charge in [0.05, 0.1) is 13.1 Å². The lowest BCUT2D eigenvalue weighted by molar-refractivity contribution is -0.141. The number of unbranched alkanes of at least 4 members (excludes halogenated alkanes) is 5. The maximum Gasteiger partial charge on any atom is 0.242 e. The highest BCUT2D eigenvalue weighted by Gasteiger charge is 2.22. The van der Waals surface area contributed by atoms with E-state index in [9.17, 15) is 9.59 Å². The standard InChI is InChI=1S/C29H44ClN3O2/c1-5-7-8-9-10-11-18-28(34)31(6-2)23-29(35)33(20-24(3)4)22-26-16-14-19-32(26)21-25-15-12-13-17-27(25)30/h12-17,19,24H,5-11,18,20-23H2,1-4H3. The van der Waals surface area contributed by atoms with Gasteiger partial charge in [-0.25, -0.2) is 0 Å². The lowest BCUT2D eigenvalue weighted by Crippen LogP contribution is -2.44. The van der Waals surface area contributed by atoms with E-state index in [4.69, 9.17) is 11.6 Å². The quantitative estimate of drug-likeness (QED) is 0.238. The summed E-state index contributed by atoms with van der Waals surface area (Å²) < 4.78 is 2.14. The van der Waals surface area contributed by atoms with Crippen molar-refractivity contribution in [2.75, 3.05) is 19.6 Å². The van der Waals surface area contributed by atoms with Gasteiger partial charge in [-0.3, -0.25) is 9.59 Å². The molecule has 35 heavy (non-hydrogen) atoms. The molecule has 0 fully saturated rings. The third kappa shape index (κ3) is 10.1. The van der Waals surface area contributed by atoms with Crippen molar-refractivity contribution in [1.29, 1.82) is 0 Å². The number of carbonyl (C=O) groups is 2. The number of halogens is 1. The van der Waals surface area contributed by atoms with Gasteiger partial charge in [0.25, 0.3) is 0 Å². The molecule has 6 heteroatoms. The summed E-state index contributed by atoms with van der Waals surface area (Å²) in [6.45, 7) is 10.9. The second-order valence-electron chi connectivity index (χ2n) is 9.81. The number of rotatable bonds is 16. The smallest absolute Gasteiger partial charge is 0.242 e. The van der Waals surface area contributed by atoms with Crippen LogP contribution in [-0.4, -0.2) is 45.8 Å². The summed E-state index contributed by atoms with van der Waals surface area (Å²) in [6.07, 6.45) is 9.44. The Labute approximate surface area is 217 Å². The van der Waals surface area contributed by atoms with E-state index >= 15 is 0 Å². The van der Waals surface area contributed by atoms with E-state index in [1.54, 1.807) is 4.90 Å². The van der Waals surface area contributed by atoms with Gasteiger partial charge < -0.3 is 14.4 Å². The molecule has 0 saturated heterocycles. The molecular weight excluding hydrogens is 458 g/mol. The van der Waals surface area contributed by atoms with Crippen LogP contribution in [0.25, 0.3) is 0 Å². The van der Waals surface area contributed by atoms with Crippen LogP contribution in [0.15, 0.2) is 42.6 Å². The van der Waals surface area contributed by atoms with Crippen LogP contribution < -0.4 is 0 Å². The number of aromatic nitrogens is 1. The van der Waals surface area contributed by atoms with Gasteiger partial charge in [-0.15, -0.1) is 0 Å². The van der Waals surface area contributed by atoms with Crippen molar-refractivity contribution in [3.8, 4) is 0 Å². The Bertz CT molecular complexity index is 909. The molecule has 2 rings (SSSR count). The van der Waals surface area contributed by atoms with Crippen LogP contribution in [0.4, 0.5) is 0 Å². The third-order valence-corrected chi connectivity index (χ3v) is 6.69. The van der Waals surface area contributed by atoms with Crippen LogP contribution in [0.5, 0.6) is 0 Å². The fourth-order valence-corrected chi connectivity index (χ4v) is 4.50. The number of likely N-dealkylation sites (N-methyl/N-ethyl adjacent to an activating group) is 1. The summed E-state index contributed by atoms with van der Waals surface area (Å²) in [5.41, 5.74) is 2.10. The zero-order valence-corrected chi connectivity index (χ0v) is 22.9. The molecule has 5 nitrogen and oxygen atoms in total. The largest absolute Gasteiger partial charge is 0.345 e. The van der Waals surface area contributed by atoms with Gasteiger partial charge in [0.15, 0.2) is 0 Å². The molecule has 0 aliphatic rings. The topological polar surface area (TPSA) is 45.6 Å². The highest BCUT2D eigenvalue weighted by molar-refractivity contribution is 6.31. The van der Waals surface area contributed by atoms with E-state index in [0.29, 0.717) is 38.5 Å². The third-order valence-electron chi connectivity index (χ3n) is 6.32. The lowest BCUT2D eigenvalue weighted by Gasteiger charge is -2.29. The molecule has 1 heterocycles. The average Bonchev–Trinajstić information content (AvgIpc) is 3.26. The first-order valence-electron chi connectivity index (χ1n) is 13.3. The summed E-state index contributed by atoms with van der Waals surface area (Å²) in [5.74, 6) is 0.421. The Hall–Kier alpha value is -2.27. The molecule has 0 saturated carbocycles. The van der Waals surface area contributed by atoms with Crippen LogP contribution in [0.1, 0.15) is 83.9 Å². The van der Waals surface area contributed by atoms with E-state index in [2.05, 4.69) is 31.4 Å². The highest BCUT2D eigenvalue weighted by atomic mass is 35.5. The maximum absolute atomic E-state index is 13.4. The van der Waals surface area contributed by atoms with Crippen molar-refractivity contribution in [1.82, 2.24) is 14.4 Å². The zero-order valence-electron chi connectivity index (χ0n) is 22.1. The van der Waals surface area contributed by atoms with E-state index in [0.717, 1.165) is 29.1 Å². The molecule has 0 atom stereocenters. The minimum atomic E-state index is 0.00217. The van der Waals surface area contributed by atoms with Gasteiger partial charge >= 0.3 is 0 Å². The lowest BCUT2D eigenvalue weighted by atomic mass is 10.1. The first-order valence-corrected chi connectivity index (χ1v) is 13.7. The Morgan fingerprint density at radius 2 is 1.63 bits per heavy atom. The molecule has 1 aromatic heterocycles. The number of hydrogen-bond acceptors (Lipinski definition) is 2. The van der Waals surface area contributed by atoms with Crippen molar-refractivity contribution in [2.24, 2.45) is 5.92 Å². The predicted molar refractivity (Wildman–Crippen MR) is 145 cm³/mol.